The number of anilines is 1. The van der Waals surface area contributed by atoms with Crippen LogP contribution in [-0.4, -0.2) is 59.7 Å². The Bertz CT molecular complexity index is 1180. The number of hydrogen-bond donors (Lipinski definition) is 3. The van der Waals surface area contributed by atoms with E-state index in [0.717, 1.165) is 31.2 Å². The van der Waals surface area contributed by atoms with Gasteiger partial charge in [-0.05, 0) is 57.7 Å². The summed E-state index contributed by atoms with van der Waals surface area (Å²) in [5, 5.41) is 33.0. The van der Waals surface area contributed by atoms with E-state index in [1.54, 1.807) is 32.0 Å². The summed E-state index contributed by atoms with van der Waals surface area (Å²) in [5.74, 6) is -0.272. The van der Waals surface area contributed by atoms with Gasteiger partial charge < -0.3 is 15.9 Å². The van der Waals surface area contributed by atoms with Crippen molar-refractivity contribution in [3.63, 3.8) is 0 Å². The molecule has 3 aromatic rings. The van der Waals surface area contributed by atoms with Gasteiger partial charge in [-0.15, -0.1) is 10.2 Å². The number of benzene rings is 1. The van der Waals surface area contributed by atoms with E-state index in [-0.39, 0.29) is 11.8 Å². The second kappa shape index (κ2) is 7.44. The number of nitrogens with two attached hydrogens (primary N) is 1. The van der Waals surface area contributed by atoms with E-state index in [1.807, 2.05) is 16.8 Å². The molecule has 4 heterocycles. The minimum absolute atomic E-state index is 0.146. The first kappa shape index (κ1) is 20.7. The van der Waals surface area contributed by atoms with Gasteiger partial charge >= 0.3 is 5.97 Å². The van der Waals surface area contributed by atoms with E-state index in [2.05, 4.69) is 20.2 Å². The Labute approximate surface area is 185 Å². The summed E-state index contributed by atoms with van der Waals surface area (Å²) in [5.41, 5.74) is 7.94. The molecular weight excluding hydrogens is 408 g/mol. The third-order valence-electron chi connectivity index (χ3n) is 7.02. The summed E-state index contributed by atoms with van der Waals surface area (Å²) in [6.07, 6.45) is 3.90. The van der Waals surface area contributed by atoms with Gasteiger partial charge in [0.25, 0.3) is 0 Å². The Kier molecular flexibility index (Phi) is 4.81. The van der Waals surface area contributed by atoms with E-state index in [9.17, 15) is 15.0 Å². The number of aliphatic carboxylic acids is 1. The maximum atomic E-state index is 11.7. The molecule has 0 spiro atoms. The van der Waals surface area contributed by atoms with E-state index in [0.29, 0.717) is 41.2 Å². The molecule has 2 fully saturated rings. The number of aromatic hydroxyl groups is 1. The van der Waals surface area contributed by atoms with Crippen LogP contribution < -0.4 is 5.73 Å². The molecule has 5 rings (SSSR count). The summed E-state index contributed by atoms with van der Waals surface area (Å²) < 4.78 is 1.97. The van der Waals surface area contributed by atoms with Crippen molar-refractivity contribution in [3.8, 4) is 17.0 Å². The fourth-order valence-electron chi connectivity index (χ4n) is 5.28. The molecule has 9 heteroatoms. The van der Waals surface area contributed by atoms with Crippen molar-refractivity contribution >= 4 is 22.8 Å². The highest BCUT2D eigenvalue weighted by atomic mass is 16.4. The number of aromatic nitrogens is 4. The van der Waals surface area contributed by atoms with Crippen molar-refractivity contribution in [2.24, 2.45) is 5.41 Å². The number of piperidine rings is 1. The summed E-state index contributed by atoms with van der Waals surface area (Å²) >= 11 is 0. The van der Waals surface area contributed by atoms with E-state index in [1.165, 1.54) is 0 Å². The van der Waals surface area contributed by atoms with Gasteiger partial charge in [0.15, 0.2) is 11.3 Å². The zero-order chi connectivity index (χ0) is 22.6. The van der Waals surface area contributed by atoms with Gasteiger partial charge in [-0.25, -0.2) is 0 Å². The van der Waals surface area contributed by atoms with Crippen molar-refractivity contribution in [1.82, 2.24) is 24.9 Å². The lowest BCUT2D eigenvalue weighted by atomic mass is 9.89. The normalized spacial score (nSPS) is 23.6. The first-order valence-corrected chi connectivity index (χ1v) is 11.0. The van der Waals surface area contributed by atoms with E-state index in [4.69, 9.17) is 5.73 Å². The number of phenolic OH excluding ortho intramolecular Hbond substituents is 1. The topological polar surface area (TPSA) is 130 Å². The molecule has 4 N–H and O–H groups in total. The number of nitrogens with zero attached hydrogens (tertiary/aromatic N) is 5. The first-order valence-electron chi connectivity index (χ1n) is 11.0. The summed E-state index contributed by atoms with van der Waals surface area (Å²) in [4.78, 5) is 14.0. The largest absolute Gasteiger partial charge is 0.507 e. The molecule has 1 aromatic carbocycles. The molecular formula is C23H28N6O3. The lowest BCUT2D eigenvalue weighted by Gasteiger charge is -2.41. The van der Waals surface area contributed by atoms with Gasteiger partial charge in [-0.2, -0.15) is 5.10 Å². The summed E-state index contributed by atoms with van der Waals surface area (Å²) in [6.45, 7) is 4.14. The smallest absolute Gasteiger partial charge is 0.310 e. The second-order valence-corrected chi connectivity index (χ2v) is 9.68. The van der Waals surface area contributed by atoms with Crippen LogP contribution in [0.1, 0.15) is 45.6 Å². The molecule has 0 saturated carbocycles. The number of rotatable bonds is 5. The zero-order valence-electron chi connectivity index (χ0n) is 18.3. The number of para-hydroxylation sites is 1. The molecule has 2 aliphatic heterocycles. The standard InChI is InChI=1S/C23H28N6O3/c1-23(2,22(31)32)12-28-13-7-8-14(28)10-15(9-13)29-18-11-17(16-5-3-4-6-19(16)30)25-26-20(18)21(24)27-29/h3-6,11,13-15,30H,7-10,12H2,1-2H3,(H2,24,27)(H,31,32). The number of nitrogen functional groups attached to an aromatic ring is 1. The van der Waals surface area contributed by atoms with Crippen LogP contribution in [0.3, 0.4) is 0 Å². The number of carboxylic acid groups (broad SMARTS) is 1. The summed E-state index contributed by atoms with van der Waals surface area (Å²) in [6, 6.07) is 9.73. The minimum Gasteiger partial charge on any atom is -0.507 e. The van der Waals surface area contributed by atoms with E-state index >= 15 is 0 Å². The fraction of sp³-hybridized carbons (Fsp3) is 0.478. The van der Waals surface area contributed by atoms with Gasteiger partial charge in [0.1, 0.15) is 5.75 Å². The highest BCUT2D eigenvalue weighted by Gasteiger charge is 2.45. The lowest BCUT2D eigenvalue weighted by molar-refractivity contribution is -0.148. The van der Waals surface area contributed by atoms with E-state index < -0.39 is 11.4 Å². The SMILES string of the molecule is CC(C)(CN1C2CCC1CC(n1nc(N)c3nnc(-c4ccccc4O)cc31)C2)C(=O)O. The number of phenols is 1. The van der Waals surface area contributed by atoms with Gasteiger partial charge in [0.2, 0.25) is 0 Å². The Morgan fingerprint density at radius 1 is 1.16 bits per heavy atom. The van der Waals surface area contributed by atoms with Crippen molar-refractivity contribution in [2.45, 2.75) is 57.7 Å². The van der Waals surface area contributed by atoms with Crippen LogP contribution in [0.5, 0.6) is 5.75 Å². The minimum atomic E-state index is -0.779. The molecule has 168 valence electrons. The lowest BCUT2D eigenvalue weighted by Crippen LogP contribution is -2.49. The Hall–Kier alpha value is -3.20. The van der Waals surface area contributed by atoms with Crippen molar-refractivity contribution in [1.29, 1.82) is 0 Å². The first-order chi connectivity index (χ1) is 15.2. The van der Waals surface area contributed by atoms with Crippen LogP contribution in [-0.2, 0) is 4.79 Å². The molecule has 0 aliphatic carbocycles. The predicted octanol–water partition coefficient (Wildman–Crippen LogP) is 3.06. The van der Waals surface area contributed by atoms with Crippen molar-refractivity contribution in [2.75, 3.05) is 12.3 Å². The van der Waals surface area contributed by atoms with Gasteiger partial charge in [0, 0.05) is 24.2 Å². The van der Waals surface area contributed by atoms with Gasteiger partial charge in [-0.3, -0.25) is 14.4 Å². The molecule has 2 unspecified atom stereocenters. The number of fused-ring (bicyclic) bond motifs is 3. The quantitative estimate of drug-likeness (QED) is 0.556. The zero-order valence-corrected chi connectivity index (χ0v) is 18.3. The Morgan fingerprint density at radius 2 is 1.84 bits per heavy atom. The van der Waals surface area contributed by atoms with Crippen LogP contribution in [0.4, 0.5) is 5.82 Å². The second-order valence-electron chi connectivity index (χ2n) is 9.68. The van der Waals surface area contributed by atoms with Crippen molar-refractivity contribution in [3.05, 3.63) is 30.3 Å². The maximum absolute atomic E-state index is 11.7. The average Bonchev–Trinajstić information content (AvgIpc) is 3.18. The molecule has 2 saturated heterocycles. The van der Waals surface area contributed by atoms with Crippen LogP contribution in [0.15, 0.2) is 30.3 Å². The Balaban J connectivity index is 1.47. The number of carboxylic acids is 1. The molecule has 2 aromatic heterocycles. The van der Waals surface area contributed by atoms with Crippen LogP contribution in [0, 0.1) is 5.41 Å². The maximum Gasteiger partial charge on any atom is 0.310 e. The third-order valence-corrected chi connectivity index (χ3v) is 7.02. The molecule has 0 amide bonds. The molecule has 2 aliphatic rings. The highest BCUT2D eigenvalue weighted by Crippen LogP contribution is 2.43. The predicted molar refractivity (Wildman–Crippen MR) is 120 cm³/mol. The third kappa shape index (κ3) is 3.37. The molecule has 2 bridgehead atoms. The van der Waals surface area contributed by atoms with Crippen LogP contribution >= 0.6 is 0 Å². The number of carbonyl (C=O) groups is 1. The van der Waals surface area contributed by atoms with Gasteiger partial charge in [-0.1, -0.05) is 12.1 Å². The molecule has 0 radical (unpaired) electrons. The van der Waals surface area contributed by atoms with Crippen molar-refractivity contribution < 1.29 is 15.0 Å². The fourth-order valence-corrected chi connectivity index (χ4v) is 5.28. The molecule has 32 heavy (non-hydrogen) atoms. The summed E-state index contributed by atoms with van der Waals surface area (Å²) in [7, 11) is 0. The monoisotopic (exact) mass is 436 g/mol. The molecule has 9 nitrogen and oxygen atoms in total. The highest BCUT2D eigenvalue weighted by molar-refractivity contribution is 5.87. The molecule has 2 atom stereocenters. The number of hydrogen-bond acceptors (Lipinski definition) is 7. The van der Waals surface area contributed by atoms with Gasteiger partial charge in [0.05, 0.1) is 22.7 Å². The Morgan fingerprint density at radius 3 is 2.50 bits per heavy atom. The van der Waals surface area contributed by atoms with Crippen LogP contribution in [0.2, 0.25) is 0 Å². The van der Waals surface area contributed by atoms with Crippen LogP contribution in [0.25, 0.3) is 22.3 Å². The average molecular weight is 437 g/mol.